The summed E-state index contributed by atoms with van der Waals surface area (Å²) in [6, 6.07) is 18.9. The maximum absolute atomic E-state index is 12.6. The highest BCUT2D eigenvalue weighted by atomic mass is 35.5. The van der Waals surface area contributed by atoms with Gasteiger partial charge < -0.3 is 20.5 Å². The second-order valence-electron chi connectivity index (χ2n) is 7.99. The molecule has 0 bridgehead atoms. The Hall–Kier alpha value is -4.14. The monoisotopic (exact) mass is 536 g/mol. The first-order chi connectivity index (χ1) is 17.9. The summed E-state index contributed by atoms with van der Waals surface area (Å²) < 4.78 is 5.88. The van der Waals surface area contributed by atoms with Crippen LogP contribution >= 0.6 is 23.2 Å². The predicted molar refractivity (Wildman–Crippen MR) is 142 cm³/mol. The number of ether oxygens (including phenoxy) is 1. The van der Waals surface area contributed by atoms with Crippen molar-refractivity contribution in [3.8, 4) is 5.75 Å². The van der Waals surface area contributed by atoms with Gasteiger partial charge in [-0.15, -0.1) is 0 Å². The van der Waals surface area contributed by atoms with E-state index < -0.39 is 17.9 Å². The Morgan fingerprint density at radius 2 is 1.62 bits per heavy atom. The zero-order valence-electron chi connectivity index (χ0n) is 19.4. The van der Waals surface area contributed by atoms with E-state index in [1.54, 1.807) is 42.6 Å². The van der Waals surface area contributed by atoms with Crippen LogP contribution in [-0.4, -0.2) is 33.0 Å². The van der Waals surface area contributed by atoms with Gasteiger partial charge in [-0.05, 0) is 35.4 Å². The Kier molecular flexibility index (Phi) is 8.56. The highest BCUT2D eigenvalue weighted by Gasteiger charge is 2.21. The largest absolute Gasteiger partial charge is 0.485 e. The van der Waals surface area contributed by atoms with Gasteiger partial charge in [0.25, 0.3) is 5.91 Å². The maximum Gasteiger partial charge on any atom is 0.326 e. The molecule has 0 aliphatic carbocycles. The molecule has 0 aliphatic rings. The summed E-state index contributed by atoms with van der Waals surface area (Å²) in [5.41, 5.74) is 2.34. The molecule has 2 heterocycles. The van der Waals surface area contributed by atoms with Crippen molar-refractivity contribution in [2.24, 2.45) is 0 Å². The average molecular weight is 537 g/mol. The molecule has 0 fully saturated rings. The van der Waals surface area contributed by atoms with Gasteiger partial charge in [0.05, 0.1) is 15.6 Å². The molecule has 8 nitrogen and oxygen atoms in total. The van der Waals surface area contributed by atoms with Crippen molar-refractivity contribution in [2.45, 2.75) is 19.1 Å². The molecule has 0 spiro atoms. The van der Waals surface area contributed by atoms with Gasteiger partial charge >= 0.3 is 5.97 Å². The van der Waals surface area contributed by atoms with Crippen LogP contribution in [0, 0.1) is 0 Å². The molecule has 0 radical (unpaired) electrons. The van der Waals surface area contributed by atoms with Crippen molar-refractivity contribution in [2.75, 3.05) is 10.6 Å². The first kappa shape index (κ1) is 25.9. The number of nitrogens with zero attached hydrogens (tertiary/aromatic N) is 2. The summed E-state index contributed by atoms with van der Waals surface area (Å²) in [6.45, 7) is 0.321. The predicted octanol–water partition coefficient (Wildman–Crippen LogP) is 5.72. The van der Waals surface area contributed by atoms with Crippen LogP contribution in [-0.2, 0) is 17.8 Å². The average Bonchev–Trinajstić information content (AvgIpc) is 2.89. The molecule has 188 valence electrons. The van der Waals surface area contributed by atoms with E-state index in [1.165, 1.54) is 12.4 Å². The number of benzene rings is 2. The van der Waals surface area contributed by atoms with Crippen LogP contribution in [0.4, 0.5) is 11.5 Å². The van der Waals surface area contributed by atoms with E-state index in [1.807, 2.05) is 30.3 Å². The molecule has 1 atom stereocenters. The van der Waals surface area contributed by atoms with Crippen LogP contribution in [0.2, 0.25) is 10.0 Å². The number of amides is 1. The second kappa shape index (κ2) is 12.2. The first-order valence-electron chi connectivity index (χ1n) is 11.2. The molecule has 4 aromatic rings. The Labute approximate surface area is 223 Å². The van der Waals surface area contributed by atoms with Gasteiger partial charge in [0.15, 0.2) is 11.6 Å². The number of hydrogen-bond donors (Lipinski definition) is 3. The van der Waals surface area contributed by atoms with Crippen molar-refractivity contribution >= 4 is 46.6 Å². The number of hydrogen-bond acceptors (Lipinski definition) is 6. The second-order valence-corrected chi connectivity index (χ2v) is 8.81. The molecule has 10 heteroatoms. The van der Waals surface area contributed by atoms with Gasteiger partial charge in [-0.25, -0.2) is 9.78 Å². The fraction of sp³-hybridized carbons (Fsp3) is 0.111. The standard InChI is InChI=1S/C27H22Cl2N4O4/c28-20-14-30-15-21(29)24(20)26(34)32-19-10-8-17(9-11-19)13-22(27(35)36)33-25-23(7-4-12-31-25)37-16-18-5-2-1-3-6-18/h1-12,14-15,22H,13,16H2,(H,31,33)(H,32,34)(H,35,36). The molecule has 1 unspecified atom stereocenters. The van der Waals surface area contributed by atoms with Gasteiger partial charge in [0.2, 0.25) is 0 Å². The van der Waals surface area contributed by atoms with Crippen LogP contribution in [0.3, 0.4) is 0 Å². The molecule has 2 aromatic carbocycles. The van der Waals surface area contributed by atoms with E-state index >= 15 is 0 Å². The summed E-state index contributed by atoms with van der Waals surface area (Å²) in [4.78, 5) is 32.7. The Balaban J connectivity index is 1.41. The topological polar surface area (TPSA) is 113 Å². The van der Waals surface area contributed by atoms with Crippen molar-refractivity contribution in [1.82, 2.24) is 9.97 Å². The highest BCUT2D eigenvalue weighted by Crippen LogP contribution is 2.25. The van der Waals surface area contributed by atoms with Crippen molar-refractivity contribution in [3.63, 3.8) is 0 Å². The zero-order valence-corrected chi connectivity index (χ0v) is 20.9. The number of aliphatic carboxylic acids is 1. The number of carboxylic acid groups (broad SMARTS) is 1. The third kappa shape index (κ3) is 6.97. The lowest BCUT2D eigenvalue weighted by molar-refractivity contribution is -0.137. The first-order valence-corrected chi connectivity index (χ1v) is 12.0. The molecule has 0 saturated heterocycles. The summed E-state index contributed by atoms with van der Waals surface area (Å²) in [5.74, 6) is -0.739. The Morgan fingerprint density at radius 3 is 2.30 bits per heavy atom. The molecule has 0 aliphatic heterocycles. The quantitative estimate of drug-likeness (QED) is 0.237. The van der Waals surface area contributed by atoms with Gasteiger partial charge in [-0.2, -0.15) is 0 Å². The molecule has 0 saturated carbocycles. The minimum absolute atomic E-state index is 0.123. The third-order valence-electron chi connectivity index (χ3n) is 5.35. The number of rotatable bonds is 10. The molecule has 2 aromatic heterocycles. The number of carboxylic acids is 1. The van der Waals surface area contributed by atoms with Crippen LogP contribution in [0.5, 0.6) is 5.75 Å². The summed E-state index contributed by atoms with van der Waals surface area (Å²) in [7, 11) is 0. The van der Waals surface area contributed by atoms with Crippen LogP contribution in [0.25, 0.3) is 0 Å². The summed E-state index contributed by atoms with van der Waals surface area (Å²) >= 11 is 12.1. The van der Waals surface area contributed by atoms with E-state index in [9.17, 15) is 14.7 Å². The van der Waals surface area contributed by atoms with Crippen LogP contribution < -0.4 is 15.4 Å². The minimum atomic E-state index is -1.04. The van der Waals surface area contributed by atoms with Crippen molar-refractivity contribution in [3.05, 3.63) is 112 Å². The number of carbonyl (C=O) groups excluding carboxylic acids is 1. The minimum Gasteiger partial charge on any atom is -0.485 e. The smallest absolute Gasteiger partial charge is 0.326 e. The Bertz CT molecular complexity index is 1360. The number of aromatic nitrogens is 2. The third-order valence-corrected chi connectivity index (χ3v) is 5.92. The van der Waals surface area contributed by atoms with Crippen molar-refractivity contribution < 1.29 is 19.4 Å². The molecular formula is C27H22Cl2N4O4. The summed E-state index contributed by atoms with van der Waals surface area (Å²) in [5, 5.41) is 15.8. The van der Waals surface area contributed by atoms with Crippen LogP contribution in [0.1, 0.15) is 21.5 Å². The number of halogens is 2. The number of carbonyl (C=O) groups is 2. The number of pyridine rings is 2. The van der Waals surface area contributed by atoms with E-state index in [0.29, 0.717) is 23.9 Å². The lowest BCUT2D eigenvalue weighted by atomic mass is 10.1. The van der Waals surface area contributed by atoms with E-state index in [-0.39, 0.29) is 22.0 Å². The van der Waals surface area contributed by atoms with Gasteiger partial charge in [-0.3, -0.25) is 9.78 Å². The normalized spacial score (nSPS) is 11.4. The fourth-order valence-electron chi connectivity index (χ4n) is 3.50. The fourth-order valence-corrected chi connectivity index (χ4v) is 4.03. The van der Waals surface area contributed by atoms with Crippen LogP contribution in [0.15, 0.2) is 85.3 Å². The summed E-state index contributed by atoms with van der Waals surface area (Å²) in [6.07, 6.45) is 4.41. The maximum atomic E-state index is 12.6. The van der Waals surface area contributed by atoms with E-state index in [2.05, 4.69) is 20.6 Å². The van der Waals surface area contributed by atoms with Gasteiger partial charge in [-0.1, -0.05) is 65.7 Å². The zero-order chi connectivity index (χ0) is 26.2. The lowest BCUT2D eigenvalue weighted by Gasteiger charge is -2.18. The molecule has 4 rings (SSSR count). The molecule has 37 heavy (non-hydrogen) atoms. The molecular weight excluding hydrogens is 515 g/mol. The highest BCUT2D eigenvalue weighted by molar-refractivity contribution is 6.40. The number of nitrogens with one attached hydrogen (secondary N) is 2. The van der Waals surface area contributed by atoms with Gasteiger partial charge in [0.1, 0.15) is 12.6 Å². The SMILES string of the molecule is O=C(Nc1ccc(CC(Nc2ncccc2OCc2ccccc2)C(=O)O)cc1)c1c(Cl)cncc1Cl. The number of anilines is 2. The Morgan fingerprint density at radius 1 is 0.919 bits per heavy atom. The van der Waals surface area contributed by atoms with E-state index in [4.69, 9.17) is 27.9 Å². The molecule has 3 N–H and O–H groups in total. The van der Waals surface area contributed by atoms with Crippen molar-refractivity contribution in [1.29, 1.82) is 0 Å². The lowest BCUT2D eigenvalue weighted by Crippen LogP contribution is -2.32. The van der Waals surface area contributed by atoms with Gasteiger partial charge in [0, 0.05) is 30.7 Å². The molecule has 1 amide bonds. The van der Waals surface area contributed by atoms with E-state index in [0.717, 1.165) is 11.1 Å².